The summed E-state index contributed by atoms with van der Waals surface area (Å²) in [7, 11) is 1.44. The quantitative estimate of drug-likeness (QED) is 0.150. The maximum absolute atomic E-state index is 13.7. The second kappa shape index (κ2) is 12.2. The first-order valence-corrected chi connectivity index (χ1v) is 10.7. The highest BCUT2D eigenvalue weighted by molar-refractivity contribution is 5.95. The van der Waals surface area contributed by atoms with Gasteiger partial charge in [0.05, 0.1) is 31.1 Å². The number of rotatable bonds is 10. The molecule has 0 aliphatic heterocycles. The molecule has 0 aliphatic rings. The van der Waals surface area contributed by atoms with Crippen LogP contribution in [-0.4, -0.2) is 31.8 Å². The van der Waals surface area contributed by atoms with Gasteiger partial charge in [0.25, 0.3) is 5.91 Å². The lowest BCUT2D eigenvalue weighted by molar-refractivity contribution is 0.0729. The van der Waals surface area contributed by atoms with Crippen LogP contribution in [0, 0.1) is 5.82 Å². The normalized spacial score (nSPS) is 10.7. The highest BCUT2D eigenvalue weighted by Gasteiger charge is 2.13. The Kier molecular flexibility index (Phi) is 8.73. The molecule has 0 radical (unpaired) electrons. The fourth-order valence-electron chi connectivity index (χ4n) is 2.90. The maximum Gasteiger partial charge on any atom is 0.343 e. The molecule has 0 heterocycles. The molecule has 0 fully saturated rings. The first kappa shape index (κ1) is 24.4. The van der Waals surface area contributed by atoms with E-state index in [-0.39, 0.29) is 11.3 Å². The molecule has 0 bridgehead atoms. The van der Waals surface area contributed by atoms with Crippen molar-refractivity contribution >= 4 is 18.1 Å². The van der Waals surface area contributed by atoms with Crippen molar-refractivity contribution in [1.29, 1.82) is 0 Å². The number of hydrogen-bond donors (Lipinski definition) is 1. The lowest BCUT2D eigenvalue weighted by Crippen LogP contribution is -2.18. The van der Waals surface area contributed by atoms with Gasteiger partial charge in [0, 0.05) is 0 Å². The summed E-state index contributed by atoms with van der Waals surface area (Å²) in [6, 6.07) is 17.1. The Hall–Kier alpha value is -4.20. The van der Waals surface area contributed by atoms with Gasteiger partial charge in [-0.15, -0.1) is 0 Å². The average molecular weight is 464 g/mol. The topological polar surface area (TPSA) is 86.2 Å². The van der Waals surface area contributed by atoms with Crippen molar-refractivity contribution in [3.05, 3.63) is 89.2 Å². The van der Waals surface area contributed by atoms with Gasteiger partial charge < -0.3 is 14.2 Å². The van der Waals surface area contributed by atoms with E-state index < -0.39 is 17.7 Å². The van der Waals surface area contributed by atoms with Gasteiger partial charge in [-0.25, -0.2) is 14.6 Å². The standard InChI is InChI=1S/C26H25FN2O5/c1-3-4-15-33-20-12-10-19(11-13-20)26(31)34-23-14-9-18(16-24(23)32-2)17-28-29-25(30)21-7-5-6-8-22(21)27/h5-14,16-17H,3-4,15H2,1-2H3,(H,29,30)/b28-17-. The minimum atomic E-state index is -0.673. The monoisotopic (exact) mass is 464 g/mol. The van der Waals surface area contributed by atoms with Crippen molar-refractivity contribution in [3.8, 4) is 17.2 Å². The van der Waals surface area contributed by atoms with E-state index in [9.17, 15) is 14.0 Å². The second-order valence-corrected chi connectivity index (χ2v) is 7.21. The summed E-state index contributed by atoms with van der Waals surface area (Å²) in [5.74, 6) is -0.638. The number of amides is 1. The van der Waals surface area contributed by atoms with E-state index in [4.69, 9.17) is 14.2 Å². The molecule has 1 N–H and O–H groups in total. The average Bonchev–Trinajstić information content (AvgIpc) is 2.85. The molecule has 0 atom stereocenters. The van der Waals surface area contributed by atoms with Crippen LogP contribution < -0.4 is 19.6 Å². The zero-order chi connectivity index (χ0) is 24.3. The van der Waals surface area contributed by atoms with Crippen molar-refractivity contribution in [2.24, 2.45) is 5.10 Å². The number of benzene rings is 3. The molecule has 3 aromatic rings. The van der Waals surface area contributed by atoms with E-state index in [0.717, 1.165) is 12.8 Å². The molecule has 1 amide bonds. The van der Waals surface area contributed by atoms with Crippen molar-refractivity contribution in [3.63, 3.8) is 0 Å². The number of carbonyl (C=O) groups is 2. The SMILES string of the molecule is CCCCOc1ccc(C(=O)Oc2ccc(/C=N\NC(=O)c3ccccc3F)cc2OC)cc1. The lowest BCUT2D eigenvalue weighted by atomic mass is 10.2. The molecule has 0 aliphatic carbocycles. The van der Waals surface area contributed by atoms with Crippen LogP contribution in [0.3, 0.4) is 0 Å². The molecule has 0 saturated heterocycles. The van der Waals surface area contributed by atoms with Crippen LogP contribution in [0.4, 0.5) is 4.39 Å². The third-order valence-corrected chi connectivity index (χ3v) is 4.75. The van der Waals surface area contributed by atoms with E-state index >= 15 is 0 Å². The minimum absolute atomic E-state index is 0.111. The van der Waals surface area contributed by atoms with E-state index in [2.05, 4.69) is 17.5 Å². The summed E-state index contributed by atoms with van der Waals surface area (Å²) < 4.78 is 30.0. The number of hydrogen-bond acceptors (Lipinski definition) is 6. The van der Waals surface area contributed by atoms with E-state index in [1.54, 1.807) is 48.5 Å². The molecule has 3 rings (SSSR count). The molecule has 0 spiro atoms. The van der Waals surface area contributed by atoms with Crippen molar-refractivity contribution in [1.82, 2.24) is 5.43 Å². The molecule has 176 valence electrons. The number of esters is 1. The molecular weight excluding hydrogens is 439 g/mol. The minimum Gasteiger partial charge on any atom is -0.494 e. The van der Waals surface area contributed by atoms with Gasteiger partial charge in [-0.1, -0.05) is 25.5 Å². The van der Waals surface area contributed by atoms with E-state index in [1.165, 1.54) is 31.5 Å². The molecule has 0 aromatic heterocycles. The number of nitrogens with zero attached hydrogens (tertiary/aromatic N) is 1. The Morgan fingerprint density at radius 2 is 1.79 bits per heavy atom. The Labute approximate surface area is 197 Å². The smallest absolute Gasteiger partial charge is 0.343 e. The Morgan fingerprint density at radius 1 is 1.03 bits per heavy atom. The number of ether oxygens (including phenoxy) is 3. The number of nitrogens with one attached hydrogen (secondary N) is 1. The summed E-state index contributed by atoms with van der Waals surface area (Å²) >= 11 is 0. The Morgan fingerprint density at radius 3 is 2.50 bits per heavy atom. The number of unbranched alkanes of at least 4 members (excludes halogenated alkanes) is 1. The summed E-state index contributed by atoms with van der Waals surface area (Å²) in [5.41, 5.74) is 3.09. The van der Waals surface area contributed by atoms with Gasteiger partial charge in [0.1, 0.15) is 11.6 Å². The van der Waals surface area contributed by atoms with Gasteiger partial charge in [-0.05, 0) is 66.6 Å². The zero-order valence-corrected chi connectivity index (χ0v) is 18.9. The molecule has 34 heavy (non-hydrogen) atoms. The van der Waals surface area contributed by atoms with E-state index in [1.807, 2.05) is 0 Å². The van der Waals surface area contributed by atoms with Crippen LogP contribution in [0.1, 0.15) is 46.0 Å². The van der Waals surface area contributed by atoms with Crippen LogP contribution in [0.25, 0.3) is 0 Å². The van der Waals surface area contributed by atoms with Crippen molar-refractivity contribution < 1.29 is 28.2 Å². The zero-order valence-electron chi connectivity index (χ0n) is 18.9. The largest absolute Gasteiger partial charge is 0.494 e. The highest BCUT2D eigenvalue weighted by atomic mass is 19.1. The summed E-state index contributed by atoms with van der Waals surface area (Å²) in [6.07, 6.45) is 3.37. The van der Waals surface area contributed by atoms with Gasteiger partial charge in [-0.2, -0.15) is 5.10 Å². The molecular formula is C26H25FN2O5. The fraction of sp³-hybridized carbons (Fsp3) is 0.192. The molecule has 0 unspecified atom stereocenters. The van der Waals surface area contributed by atoms with E-state index in [0.29, 0.717) is 29.2 Å². The van der Waals surface area contributed by atoms with Crippen molar-refractivity contribution in [2.75, 3.05) is 13.7 Å². The predicted molar refractivity (Wildman–Crippen MR) is 126 cm³/mol. The Balaban J connectivity index is 1.62. The number of carbonyl (C=O) groups excluding carboxylic acids is 2. The molecule has 8 heteroatoms. The number of methoxy groups -OCH3 is 1. The Bertz CT molecular complexity index is 1160. The maximum atomic E-state index is 13.7. The first-order chi connectivity index (χ1) is 16.5. The molecule has 7 nitrogen and oxygen atoms in total. The van der Waals surface area contributed by atoms with Crippen LogP contribution in [-0.2, 0) is 0 Å². The molecule has 0 saturated carbocycles. The van der Waals surface area contributed by atoms with Crippen LogP contribution in [0.5, 0.6) is 17.2 Å². The molecule has 3 aromatic carbocycles. The number of hydrazone groups is 1. The third-order valence-electron chi connectivity index (χ3n) is 4.75. The summed E-state index contributed by atoms with van der Waals surface area (Å²) in [6.45, 7) is 2.71. The lowest BCUT2D eigenvalue weighted by Gasteiger charge is -2.10. The summed E-state index contributed by atoms with van der Waals surface area (Å²) in [5, 5.41) is 3.84. The van der Waals surface area contributed by atoms with Crippen LogP contribution in [0.2, 0.25) is 0 Å². The van der Waals surface area contributed by atoms with Crippen molar-refractivity contribution in [2.45, 2.75) is 19.8 Å². The predicted octanol–water partition coefficient (Wildman–Crippen LogP) is 5.00. The van der Waals surface area contributed by atoms with Gasteiger partial charge in [0.15, 0.2) is 11.5 Å². The number of halogens is 1. The fourth-order valence-corrected chi connectivity index (χ4v) is 2.90. The highest BCUT2D eigenvalue weighted by Crippen LogP contribution is 2.28. The first-order valence-electron chi connectivity index (χ1n) is 10.7. The van der Waals surface area contributed by atoms with Gasteiger partial charge in [-0.3, -0.25) is 4.79 Å². The van der Waals surface area contributed by atoms with Gasteiger partial charge >= 0.3 is 5.97 Å². The van der Waals surface area contributed by atoms with Crippen LogP contribution in [0.15, 0.2) is 71.8 Å². The van der Waals surface area contributed by atoms with Crippen LogP contribution >= 0.6 is 0 Å². The summed E-state index contributed by atoms with van der Waals surface area (Å²) in [4.78, 5) is 24.5. The third kappa shape index (κ3) is 6.65. The second-order valence-electron chi connectivity index (χ2n) is 7.21. The van der Waals surface area contributed by atoms with Gasteiger partial charge in [0.2, 0.25) is 0 Å².